The highest BCUT2D eigenvalue weighted by Crippen LogP contribution is 2.36. The summed E-state index contributed by atoms with van der Waals surface area (Å²) in [5, 5.41) is 11.2. The molecule has 2 aromatic heterocycles. The van der Waals surface area contributed by atoms with Gasteiger partial charge in [-0.25, -0.2) is 4.98 Å². The van der Waals surface area contributed by atoms with Gasteiger partial charge in [-0.15, -0.1) is 0 Å². The van der Waals surface area contributed by atoms with Gasteiger partial charge in [-0.05, 0) is 42.7 Å². The summed E-state index contributed by atoms with van der Waals surface area (Å²) in [5.74, 6) is -0.149. The molecular weight excluding hydrogens is 538 g/mol. The van der Waals surface area contributed by atoms with Crippen LogP contribution in [0, 0.1) is 5.41 Å². The molecule has 4 heterocycles. The van der Waals surface area contributed by atoms with Crippen LogP contribution >= 0.6 is 23.4 Å². The first-order valence-corrected chi connectivity index (χ1v) is 14.5. The van der Waals surface area contributed by atoms with Crippen molar-refractivity contribution >= 4 is 35.0 Å². The van der Waals surface area contributed by atoms with E-state index in [0.29, 0.717) is 50.5 Å². The number of nitrogens with zero attached hydrogens (tertiary/aromatic N) is 4. The quantitative estimate of drug-likeness (QED) is 0.396. The molecule has 206 valence electrons. The maximum atomic E-state index is 13.1. The van der Waals surface area contributed by atoms with Gasteiger partial charge in [0.05, 0.1) is 16.2 Å². The van der Waals surface area contributed by atoms with E-state index in [2.05, 4.69) is 28.8 Å². The Labute approximate surface area is 235 Å². The molecule has 0 radical (unpaired) electrons. The van der Waals surface area contributed by atoms with Gasteiger partial charge < -0.3 is 15.0 Å². The Hall–Kier alpha value is -3.11. The summed E-state index contributed by atoms with van der Waals surface area (Å²) in [7, 11) is 0. The van der Waals surface area contributed by atoms with Gasteiger partial charge in [0.15, 0.2) is 11.6 Å². The second-order valence-corrected chi connectivity index (χ2v) is 12.1. The third-order valence-corrected chi connectivity index (χ3v) is 9.57. The number of carbonyl (C=O) groups is 1. The number of hydrogen-bond acceptors (Lipinski definition) is 8. The lowest BCUT2D eigenvalue weighted by molar-refractivity contribution is 0.0987. The summed E-state index contributed by atoms with van der Waals surface area (Å²) in [6.45, 7) is 6.58. The number of piperidine rings is 1. The number of aryl methyl sites for hydroxylation is 1. The van der Waals surface area contributed by atoms with Gasteiger partial charge >= 0.3 is 0 Å². The van der Waals surface area contributed by atoms with Crippen LogP contribution in [0.1, 0.15) is 67.7 Å². The van der Waals surface area contributed by atoms with E-state index in [1.54, 1.807) is 24.4 Å². The van der Waals surface area contributed by atoms with E-state index >= 15 is 0 Å². The van der Waals surface area contributed by atoms with Gasteiger partial charge in [0, 0.05) is 37.4 Å². The zero-order valence-electron chi connectivity index (χ0n) is 22.1. The van der Waals surface area contributed by atoms with Crippen LogP contribution in [0.25, 0.3) is 0 Å². The first kappa shape index (κ1) is 27.5. The molecule has 0 aliphatic carbocycles. The average Bonchev–Trinajstić information content (AvgIpc) is 2.92. The minimum Gasteiger partial charge on any atom is -0.493 e. The number of rotatable bonds is 7. The largest absolute Gasteiger partial charge is 0.493 e. The highest BCUT2D eigenvalue weighted by Gasteiger charge is 2.30. The minimum atomic E-state index is -0.546. The number of halogens is 1. The zero-order chi connectivity index (χ0) is 27.7. The van der Waals surface area contributed by atoms with Crippen molar-refractivity contribution in [2.45, 2.75) is 75.3 Å². The van der Waals surface area contributed by atoms with Crippen molar-refractivity contribution in [3.63, 3.8) is 0 Å². The van der Waals surface area contributed by atoms with Gasteiger partial charge in [-0.1, -0.05) is 55.8 Å². The first-order valence-electron chi connectivity index (χ1n) is 13.3. The van der Waals surface area contributed by atoms with Crippen LogP contribution < -0.4 is 16.0 Å². The van der Waals surface area contributed by atoms with Gasteiger partial charge in [0.1, 0.15) is 11.4 Å². The molecule has 1 saturated heterocycles. The normalized spacial score (nSPS) is 16.6. The molecule has 0 amide bonds. The monoisotopic (exact) mass is 569 g/mol. The van der Waals surface area contributed by atoms with Crippen molar-refractivity contribution in [1.82, 2.24) is 19.5 Å². The minimum absolute atomic E-state index is 0.170. The smallest absolute Gasteiger partial charge is 0.291 e. The fourth-order valence-corrected chi connectivity index (χ4v) is 6.39. The Balaban J connectivity index is 1.32. The molecule has 1 aromatic carbocycles. The van der Waals surface area contributed by atoms with E-state index in [9.17, 15) is 19.5 Å². The van der Waals surface area contributed by atoms with Crippen molar-refractivity contribution in [2.24, 2.45) is 5.41 Å². The number of ketones is 1. The molecule has 0 spiro atoms. The molecular formula is C28H32ClN5O4S. The molecule has 2 N–H and O–H groups in total. The highest BCUT2D eigenvalue weighted by atomic mass is 35.5. The second-order valence-electron chi connectivity index (χ2n) is 10.6. The van der Waals surface area contributed by atoms with E-state index in [1.165, 1.54) is 16.3 Å². The number of nitrogens with one attached hydrogen (secondary N) is 1. The van der Waals surface area contributed by atoms with E-state index in [4.69, 9.17) is 11.6 Å². The third-order valence-electron chi connectivity index (χ3n) is 8.02. The second kappa shape index (κ2) is 11.2. The summed E-state index contributed by atoms with van der Waals surface area (Å²) in [6, 6.07) is 5.25. The molecule has 0 atom stereocenters. The predicted octanol–water partition coefficient (Wildman–Crippen LogP) is 4.62. The van der Waals surface area contributed by atoms with Gasteiger partial charge in [-0.3, -0.25) is 19.0 Å². The SMILES string of the molecule is CCC1(C)CCN(c2ncc(Sc3cccc(CC(=O)c4c(O)nc5n(c4=O)CCCC5)c3Cl)[nH]c2=O)CC1. The lowest BCUT2D eigenvalue weighted by atomic mass is 9.78. The Morgan fingerprint density at radius 1 is 1.21 bits per heavy atom. The zero-order valence-corrected chi connectivity index (χ0v) is 23.7. The number of aromatic amines is 1. The molecule has 39 heavy (non-hydrogen) atoms. The van der Waals surface area contributed by atoms with Crippen LogP contribution in [-0.4, -0.2) is 43.5 Å². The van der Waals surface area contributed by atoms with E-state index in [1.807, 2.05) is 4.90 Å². The molecule has 0 bridgehead atoms. The number of hydrogen-bond donors (Lipinski definition) is 2. The number of carbonyl (C=O) groups excluding carboxylic acids is 1. The fraction of sp³-hybridized carbons (Fsp3) is 0.464. The maximum absolute atomic E-state index is 13.1. The molecule has 0 saturated carbocycles. The number of Topliss-reactive ketones (excluding diaryl/α,β-unsaturated/α-hetero) is 1. The number of aromatic hydroxyl groups is 1. The number of anilines is 1. The van der Waals surface area contributed by atoms with Gasteiger partial charge in [0.2, 0.25) is 5.88 Å². The summed E-state index contributed by atoms with van der Waals surface area (Å²) in [6.07, 6.45) is 6.93. The Morgan fingerprint density at radius 2 is 1.97 bits per heavy atom. The van der Waals surface area contributed by atoms with Crippen molar-refractivity contribution < 1.29 is 9.90 Å². The van der Waals surface area contributed by atoms with Crippen LogP contribution in [0.5, 0.6) is 5.88 Å². The molecule has 11 heteroatoms. The van der Waals surface area contributed by atoms with Crippen molar-refractivity contribution in [3.8, 4) is 5.88 Å². The van der Waals surface area contributed by atoms with E-state index in [-0.39, 0.29) is 17.5 Å². The maximum Gasteiger partial charge on any atom is 0.291 e. The Bertz CT molecular complexity index is 1530. The van der Waals surface area contributed by atoms with E-state index in [0.717, 1.165) is 45.2 Å². The average molecular weight is 570 g/mol. The first-order chi connectivity index (χ1) is 18.7. The Morgan fingerprint density at radius 3 is 2.69 bits per heavy atom. The lowest BCUT2D eigenvalue weighted by Crippen LogP contribution is -2.41. The molecule has 5 rings (SSSR count). The lowest BCUT2D eigenvalue weighted by Gasteiger charge is -2.39. The number of H-pyrrole nitrogens is 1. The van der Waals surface area contributed by atoms with Crippen molar-refractivity contribution in [2.75, 3.05) is 18.0 Å². The van der Waals surface area contributed by atoms with E-state index < -0.39 is 17.2 Å². The van der Waals surface area contributed by atoms with Gasteiger partial charge in [-0.2, -0.15) is 4.98 Å². The number of fused-ring (bicyclic) bond motifs is 1. The van der Waals surface area contributed by atoms with Gasteiger partial charge in [0.25, 0.3) is 11.1 Å². The molecule has 0 unspecified atom stereocenters. The summed E-state index contributed by atoms with van der Waals surface area (Å²) in [4.78, 5) is 53.1. The highest BCUT2D eigenvalue weighted by molar-refractivity contribution is 7.99. The molecule has 9 nitrogen and oxygen atoms in total. The Kier molecular flexibility index (Phi) is 7.87. The third kappa shape index (κ3) is 5.63. The standard InChI is InChI=1S/C28H32ClN5O4S/c1-3-28(2)10-13-33(14-11-28)24-26(37)32-21(16-30-24)39-19-8-6-7-17(23(19)29)15-18(35)22-25(36)31-20-9-4-5-12-34(20)27(22)38/h6-8,16,36H,3-5,9-15H2,1-2H3,(H,32,37). The van der Waals surface area contributed by atoms with Crippen LogP contribution in [0.4, 0.5) is 5.82 Å². The molecule has 3 aromatic rings. The molecule has 2 aliphatic heterocycles. The molecule has 1 fully saturated rings. The summed E-state index contributed by atoms with van der Waals surface area (Å²) >= 11 is 7.90. The fourth-order valence-electron chi connectivity index (χ4n) is 5.22. The summed E-state index contributed by atoms with van der Waals surface area (Å²) < 4.78 is 1.48. The summed E-state index contributed by atoms with van der Waals surface area (Å²) in [5.41, 5.74) is -0.256. The van der Waals surface area contributed by atoms with Crippen molar-refractivity contribution in [1.29, 1.82) is 0 Å². The molecule has 2 aliphatic rings. The number of benzene rings is 1. The van der Waals surface area contributed by atoms with Crippen LogP contribution in [0.15, 0.2) is 43.9 Å². The van der Waals surface area contributed by atoms with Crippen LogP contribution in [-0.2, 0) is 19.4 Å². The number of aromatic nitrogens is 4. The van der Waals surface area contributed by atoms with Crippen LogP contribution in [0.2, 0.25) is 5.02 Å². The topological polar surface area (TPSA) is 121 Å². The van der Waals surface area contributed by atoms with Crippen LogP contribution in [0.3, 0.4) is 0 Å². The predicted molar refractivity (Wildman–Crippen MR) is 151 cm³/mol. The van der Waals surface area contributed by atoms with Crippen molar-refractivity contribution in [3.05, 3.63) is 67.1 Å².